The number of aromatic amines is 1. The van der Waals surface area contributed by atoms with Gasteiger partial charge in [0.05, 0.1) is 11.6 Å². The van der Waals surface area contributed by atoms with Crippen LogP contribution in [0.3, 0.4) is 0 Å². The quantitative estimate of drug-likeness (QED) is 0.306. The Hall–Kier alpha value is -3.50. The van der Waals surface area contributed by atoms with Crippen LogP contribution in [-0.2, 0) is 9.59 Å². The summed E-state index contributed by atoms with van der Waals surface area (Å²) < 4.78 is 28.1. The van der Waals surface area contributed by atoms with E-state index in [9.17, 15) is 18.4 Å². The average Bonchev–Trinajstić information content (AvgIpc) is 3.52. The van der Waals surface area contributed by atoms with Gasteiger partial charge < -0.3 is 10.6 Å². The molecule has 39 heavy (non-hydrogen) atoms. The molecule has 2 amide bonds. The smallest absolute Gasteiger partial charge is 0.248 e. The number of hydrogen-bond acceptors (Lipinski definition) is 4. The molecule has 3 aromatic rings. The highest BCUT2D eigenvalue weighted by Crippen LogP contribution is 2.39. The van der Waals surface area contributed by atoms with Crippen molar-refractivity contribution in [2.75, 3.05) is 30.3 Å². The van der Waals surface area contributed by atoms with Crippen LogP contribution in [0.5, 0.6) is 0 Å². The van der Waals surface area contributed by atoms with Crippen molar-refractivity contribution in [2.24, 2.45) is 0 Å². The molecule has 1 aliphatic carbocycles. The maximum absolute atomic E-state index is 14.8. The Bertz CT molecular complexity index is 1360. The maximum Gasteiger partial charge on any atom is 0.248 e. The van der Waals surface area contributed by atoms with E-state index in [-0.39, 0.29) is 25.1 Å². The van der Waals surface area contributed by atoms with Crippen LogP contribution < -0.4 is 10.6 Å². The molecule has 0 radical (unpaired) electrons. The lowest BCUT2D eigenvalue weighted by Gasteiger charge is -2.13. The Morgan fingerprint density at radius 1 is 1.13 bits per heavy atom. The predicted octanol–water partition coefficient (Wildman–Crippen LogP) is 5.49. The van der Waals surface area contributed by atoms with Crippen molar-refractivity contribution in [1.82, 2.24) is 15.1 Å². The second kappa shape index (κ2) is 12.6. The molecule has 2 atom stereocenters. The van der Waals surface area contributed by atoms with Gasteiger partial charge in [0.1, 0.15) is 12.0 Å². The van der Waals surface area contributed by atoms with Crippen molar-refractivity contribution in [3.63, 3.8) is 0 Å². The third-order valence-electron chi connectivity index (χ3n) is 7.05. The first-order valence-electron chi connectivity index (χ1n) is 13.0. The lowest BCUT2D eigenvalue weighted by molar-refractivity contribution is -0.117. The van der Waals surface area contributed by atoms with Crippen molar-refractivity contribution in [3.05, 3.63) is 77.8 Å². The largest absolute Gasteiger partial charge is 0.320 e. The van der Waals surface area contributed by atoms with Gasteiger partial charge in [-0.2, -0.15) is 18.6 Å². The van der Waals surface area contributed by atoms with Crippen molar-refractivity contribution in [2.45, 2.75) is 44.2 Å². The first-order chi connectivity index (χ1) is 18.4. The molecule has 0 bridgehead atoms. The Labute approximate surface area is 233 Å². The average molecular weight is 554 g/mol. The van der Waals surface area contributed by atoms with Gasteiger partial charge in [0.25, 0.3) is 0 Å². The van der Waals surface area contributed by atoms with E-state index in [0.717, 1.165) is 29.7 Å². The summed E-state index contributed by atoms with van der Waals surface area (Å²) in [6, 6.07) is 13.9. The lowest BCUT2D eigenvalue weighted by atomic mass is 9.95. The number of halogens is 2. The first kappa shape index (κ1) is 28.5. The fourth-order valence-corrected chi connectivity index (χ4v) is 4.61. The van der Waals surface area contributed by atoms with Gasteiger partial charge in [0.15, 0.2) is 5.82 Å². The number of rotatable bonds is 9. The molecule has 0 spiro atoms. The molecule has 2 aliphatic rings. The van der Waals surface area contributed by atoms with Gasteiger partial charge in [-0.05, 0) is 55.0 Å². The Morgan fingerprint density at radius 2 is 1.92 bits per heavy atom. The molecule has 1 aromatic heterocycles. The number of carbonyl (C=O) groups is 2. The summed E-state index contributed by atoms with van der Waals surface area (Å²) in [5.41, 5.74) is 3.29. The number of likely N-dealkylation sites (tertiary alicyclic amines) is 1. The molecule has 1 unspecified atom stereocenters. The van der Waals surface area contributed by atoms with Crippen LogP contribution in [0.4, 0.5) is 20.3 Å². The Balaban J connectivity index is 0.00000353. The van der Waals surface area contributed by atoms with Crippen LogP contribution in [-0.4, -0.2) is 52.7 Å². The Morgan fingerprint density at radius 3 is 2.64 bits per heavy atom. The number of anilines is 2. The lowest BCUT2D eigenvalue weighted by Crippen LogP contribution is -2.21. The number of amides is 2. The molecule has 206 valence electrons. The van der Waals surface area contributed by atoms with E-state index in [1.165, 1.54) is 18.2 Å². The van der Waals surface area contributed by atoms with Gasteiger partial charge in [-0.25, -0.2) is 8.78 Å². The molecular formula is C29H33F2N5O2S. The van der Waals surface area contributed by atoms with Gasteiger partial charge in [-0.3, -0.25) is 19.6 Å². The second-order valence-electron chi connectivity index (χ2n) is 10.1. The van der Waals surface area contributed by atoms with E-state index in [1.807, 2.05) is 42.2 Å². The number of H-pyrrole nitrogens is 1. The third-order valence-corrected chi connectivity index (χ3v) is 7.05. The molecule has 3 N–H and O–H groups in total. The van der Waals surface area contributed by atoms with Crippen molar-refractivity contribution >= 4 is 36.8 Å². The highest BCUT2D eigenvalue weighted by molar-refractivity contribution is 7.59. The zero-order chi connectivity index (χ0) is 26.6. The maximum atomic E-state index is 14.8. The highest BCUT2D eigenvalue weighted by atomic mass is 32.1. The van der Waals surface area contributed by atoms with Crippen LogP contribution in [0.1, 0.15) is 49.3 Å². The number of hydrogen-bond donors (Lipinski definition) is 3. The minimum atomic E-state index is -0.812. The van der Waals surface area contributed by atoms with E-state index in [1.54, 1.807) is 12.1 Å². The molecular weight excluding hydrogens is 520 g/mol. The van der Waals surface area contributed by atoms with Crippen LogP contribution in [0.2, 0.25) is 0 Å². The van der Waals surface area contributed by atoms with Crippen LogP contribution in [0.15, 0.2) is 60.7 Å². The molecule has 2 aromatic carbocycles. The number of benzene rings is 2. The zero-order valence-corrected chi connectivity index (χ0v) is 22.7. The first-order valence-corrected chi connectivity index (χ1v) is 13.0. The number of nitrogens with one attached hydrogen (secondary N) is 3. The summed E-state index contributed by atoms with van der Waals surface area (Å²) in [4.78, 5) is 27.0. The molecule has 2 fully saturated rings. The highest BCUT2D eigenvalue weighted by Gasteiger charge is 2.26. The van der Waals surface area contributed by atoms with E-state index in [4.69, 9.17) is 0 Å². The molecule has 1 aliphatic heterocycles. The summed E-state index contributed by atoms with van der Waals surface area (Å²) in [7, 11) is 0. The fraction of sp³-hybridized carbons (Fsp3) is 0.345. The molecule has 7 nitrogen and oxygen atoms in total. The standard InChI is InChI=1S/C29H31F2N5O2.H2S/c1-18(29(38)33-27-16-26(34-35-27)19-7-8-19)20-4-2-5-21(14-20)22-9-10-25(24(31)15-22)32-28(37)6-3-12-36-13-11-23(30)17-36;/h2-6,9-10,14-16,18-19,23H,7-8,11-13,17H2,1H3,(H,32,37)(H2,33,34,35,38);1H2/b6-3+;/t18?,23-;/m0./s1. The topological polar surface area (TPSA) is 90.1 Å². The van der Waals surface area contributed by atoms with Crippen molar-refractivity contribution in [3.8, 4) is 11.1 Å². The van der Waals surface area contributed by atoms with Gasteiger partial charge in [0.2, 0.25) is 11.8 Å². The predicted molar refractivity (Wildman–Crippen MR) is 154 cm³/mol. The summed E-state index contributed by atoms with van der Waals surface area (Å²) >= 11 is 0. The molecule has 10 heteroatoms. The number of alkyl halides is 1. The molecule has 1 saturated carbocycles. The monoisotopic (exact) mass is 553 g/mol. The second-order valence-corrected chi connectivity index (χ2v) is 10.1. The molecule has 1 saturated heterocycles. The third kappa shape index (κ3) is 7.33. The van der Waals surface area contributed by atoms with Crippen molar-refractivity contribution < 1.29 is 18.4 Å². The normalized spacial score (nSPS) is 18.1. The van der Waals surface area contributed by atoms with Crippen LogP contribution >= 0.6 is 13.5 Å². The SMILES string of the molecule is CC(C(=O)Nc1cc(C2CC2)[nH]n1)c1cccc(-c2ccc(NC(=O)/C=C/CN3CC[C@H](F)C3)c(F)c2)c1.S. The minimum Gasteiger partial charge on any atom is -0.320 e. The number of aromatic nitrogens is 2. The van der Waals surface area contributed by atoms with Gasteiger partial charge in [0, 0.05) is 43.4 Å². The van der Waals surface area contributed by atoms with Crippen LogP contribution in [0.25, 0.3) is 11.1 Å². The van der Waals surface area contributed by atoms with Crippen molar-refractivity contribution in [1.29, 1.82) is 0 Å². The number of nitrogens with zero attached hydrogens (tertiary/aromatic N) is 2. The molecule has 2 heterocycles. The summed E-state index contributed by atoms with van der Waals surface area (Å²) in [5, 5.41) is 12.6. The zero-order valence-electron chi connectivity index (χ0n) is 21.7. The van der Waals surface area contributed by atoms with E-state index in [0.29, 0.717) is 43.4 Å². The number of carbonyl (C=O) groups excluding carboxylic acids is 2. The van der Waals surface area contributed by atoms with Gasteiger partial charge in [-0.15, -0.1) is 0 Å². The van der Waals surface area contributed by atoms with E-state index < -0.39 is 23.8 Å². The summed E-state index contributed by atoms with van der Waals surface area (Å²) in [6.07, 6.45) is 4.98. The molecule has 5 rings (SSSR count). The summed E-state index contributed by atoms with van der Waals surface area (Å²) in [6.45, 7) is 3.33. The van der Waals surface area contributed by atoms with E-state index in [2.05, 4.69) is 20.8 Å². The minimum absolute atomic E-state index is 0. The Kier molecular flexibility index (Phi) is 9.19. The summed E-state index contributed by atoms with van der Waals surface area (Å²) in [5.74, 6) is -0.602. The fourth-order valence-electron chi connectivity index (χ4n) is 4.61. The van der Waals surface area contributed by atoms with Crippen LogP contribution in [0, 0.1) is 5.82 Å². The van der Waals surface area contributed by atoms with Gasteiger partial charge >= 0.3 is 0 Å². The van der Waals surface area contributed by atoms with Gasteiger partial charge in [-0.1, -0.05) is 36.4 Å². The van der Waals surface area contributed by atoms with E-state index >= 15 is 0 Å².